The maximum atomic E-state index is 12.9. The number of alkyl halides is 3. The maximum absolute atomic E-state index is 12.9. The predicted octanol–water partition coefficient (Wildman–Crippen LogP) is 4.96. The zero-order valence-electron chi connectivity index (χ0n) is 10.3. The number of aliphatic hydroxyl groups is 1. The number of rotatable bonds is 3. The van der Waals surface area contributed by atoms with E-state index in [0.717, 1.165) is 6.08 Å². The molecule has 1 unspecified atom stereocenters. The highest BCUT2D eigenvalue weighted by molar-refractivity contribution is 6.42. The minimum Gasteiger partial charge on any atom is -0.377 e. The first-order chi connectivity index (χ1) is 8.58. The van der Waals surface area contributed by atoms with Crippen molar-refractivity contribution >= 4 is 29.3 Å². The summed E-state index contributed by atoms with van der Waals surface area (Å²) >= 11 is 11.5. The van der Waals surface area contributed by atoms with Crippen LogP contribution < -0.4 is 0 Å². The van der Waals surface area contributed by atoms with Crippen LogP contribution in [0.2, 0.25) is 10.0 Å². The number of halogens is 5. The van der Waals surface area contributed by atoms with Gasteiger partial charge >= 0.3 is 6.18 Å². The SMILES string of the molecule is CC(C)C(O)(C=Cc1ccc(Cl)c(Cl)c1)C(F)(F)F. The second kappa shape index (κ2) is 5.73. The molecule has 19 heavy (non-hydrogen) atoms. The molecule has 106 valence electrons. The molecule has 0 amide bonds. The van der Waals surface area contributed by atoms with E-state index < -0.39 is 17.7 Å². The van der Waals surface area contributed by atoms with Gasteiger partial charge in [-0.1, -0.05) is 49.2 Å². The first-order valence-corrected chi connectivity index (χ1v) is 6.27. The Morgan fingerprint density at radius 1 is 1.16 bits per heavy atom. The van der Waals surface area contributed by atoms with Gasteiger partial charge in [-0.25, -0.2) is 0 Å². The lowest BCUT2D eigenvalue weighted by Crippen LogP contribution is -2.47. The van der Waals surface area contributed by atoms with Crippen molar-refractivity contribution in [3.05, 3.63) is 39.9 Å². The van der Waals surface area contributed by atoms with Crippen LogP contribution in [0.3, 0.4) is 0 Å². The molecule has 1 nitrogen and oxygen atoms in total. The molecule has 1 aromatic carbocycles. The molecular formula is C13H13Cl2F3O. The third-order valence-corrected chi connectivity index (χ3v) is 3.55. The van der Waals surface area contributed by atoms with E-state index in [1.165, 1.54) is 38.1 Å². The van der Waals surface area contributed by atoms with Crippen LogP contribution in [0.25, 0.3) is 6.08 Å². The Kier molecular flexibility index (Phi) is 4.93. The van der Waals surface area contributed by atoms with Gasteiger partial charge in [0.15, 0.2) is 5.60 Å². The van der Waals surface area contributed by atoms with E-state index in [0.29, 0.717) is 10.6 Å². The fraction of sp³-hybridized carbons (Fsp3) is 0.385. The van der Waals surface area contributed by atoms with E-state index in [1.807, 2.05) is 0 Å². The summed E-state index contributed by atoms with van der Waals surface area (Å²) in [5, 5.41) is 10.3. The number of hydrogen-bond acceptors (Lipinski definition) is 1. The number of benzene rings is 1. The molecule has 1 aromatic rings. The van der Waals surface area contributed by atoms with E-state index in [4.69, 9.17) is 23.2 Å². The van der Waals surface area contributed by atoms with E-state index in [2.05, 4.69) is 0 Å². The van der Waals surface area contributed by atoms with Gasteiger partial charge in [0.05, 0.1) is 10.0 Å². The van der Waals surface area contributed by atoms with Crippen molar-refractivity contribution in [2.75, 3.05) is 0 Å². The van der Waals surface area contributed by atoms with Gasteiger partial charge in [0.25, 0.3) is 0 Å². The van der Waals surface area contributed by atoms with Crippen LogP contribution in [-0.2, 0) is 0 Å². The van der Waals surface area contributed by atoms with Crippen LogP contribution in [0, 0.1) is 5.92 Å². The molecule has 0 heterocycles. The molecule has 0 bridgehead atoms. The second-order valence-corrected chi connectivity index (χ2v) is 5.30. The van der Waals surface area contributed by atoms with Crippen LogP contribution in [0.4, 0.5) is 13.2 Å². The predicted molar refractivity (Wildman–Crippen MR) is 71.3 cm³/mol. The van der Waals surface area contributed by atoms with E-state index in [9.17, 15) is 18.3 Å². The average Bonchev–Trinajstić information content (AvgIpc) is 2.28. The minimum atomic E-state index is -4.74. The topological polar surface area (TPSA) is 20.2 Å². The summed E-state index contributed by atoms with van der Waals surface area (Å²) in [6, 6.07) is 4.42. The standard InChI is InChI=1S/C13H13Cl2F3O/c1-8(2)12(19,13(16,17)18)6-5-9-3-4-10(14)11(15)7-9/h3-8,19H,1-2H3. The lowest BCUT2D eigenvalue weighted by atomic mass is 9.88. The summed E-state index contributed by atoms with van der Waals surface area (Å²) in [6.07, 6.45) is -2.83. The van der Waals surface area contributed by atoms with Crippen molar-refractivity contribution in [1.82, 2.24) is 0 Å². The van der Waals surface area contributed by atoms with Gasteiger partial charge in [0, 0.05) is 0 Å². The Bertz CT molecular complexity index is 483. The molecule has 0 spiro atoms. The van der Waals surface area contributed by atoms with Gasteiger partial charge in [-0.05, 0) is 29.7 Å². The first-order valence-electron chi connectivity index (χ1n) is 5.51. The fourth-order valence-corrected chi connectivity index (χ4v) is 1.76. The summed E-state index contributed by atoms with van der Waals surface area (Å²) in [6.45, 7) is 2.60. The van der Waals surface area contributed by atoms with Crippen molar-refractivity contribution in [3.8, 4) is 0 Å². The lowest BCUT2D eigenvalue weighted by Gasteiger charge is -2.31. The number of hydrogen-bond donors (Lipinski definition) is 1. The molecule has 0 aliphatic rings. The van der Waals surface area contributed by atoms with Crippen LogP contribution in [0.5, 0.6) is 0 Å². The van der Waals surface area contributed by atoms with Gasteiger partial charge in [0.2, 0.25) is 0 Å². The molecule has 0 aliphatic heterocycles. The molecule has 1 atom stereocenters. The zero-order chi connectivity index (χ0) is 14.8. The van der Waals surface area contributed by atoms with Crippen molar-refractivity contribution < 1.29 is 18.3 Å². The Hall–Kier alpha value is -0.710. The minimum absolute atomic E-state index is 0.240. The van der Waals surface area contributed by atoms with Gasteiger partial charge < -0.3 is 5.11 Å². The highest BCUT2D eigenvalue weighted by Gasteiger charge is 2.53. The van der Waals surface area contributed by atoms with Crippen LogP contribution in [0.1, 0.15) is 19.4 Å². The molecule has 6 heteroatoms. The van der Waals surface area contributed by atoms with Crippen molar-refractivity contribution in [2.45, 2.75) is 25.6 Å². The van der Waals surface area contributed by atoms with Gasteiger partial charge in [0.1, 0.15) is 0 Å². The average molecular weight is 313 g/mol. The van der Waals surface area contributed by atoms with Gasteiger partial charge in [-0.3, -0.25) is 0 Å². The molecule has 0 aromatic heterocycles. The Labute approximate surface area is 119 Å². The normalized spacial score (nSPS) is 16.1. The summed E-state index contributed by atoms with van der Waals surface area (Å²) in [5.74, 6) is -1.01. The van der Waals surface area contributed by atoms with Crippen molar-refractivity contribution in [2.24, 2.45) is 5.92 Å². The molecular weight excluding hydrogens is 300 g/mol. The van der Waals surface area contributed by atoms with Crippen LogP contribution >= 0.6 is 23.2 Å². The largest absolute Gasteiger partial charge is 0.421 e. The van der Waals surface area contributed by atoms with E-state index >= 15 is 0 Å². The molecule has 0 radical (unpaired) electrons. The Morgan fingerprint density at radius 2 is 1.74 bits per heavy atom. The molecule has 0 saturated heterocycles. The third-order valence-electron chi connectivity index (χ3n) is 2.81. The van der Waals surface area contributed by atoms with Crippen LogP contribution in [0.15, 0.2) is 24.3 Å². The molecule has 0 fully saturated rings. The molecule has 0 saturated carbocycles. The zero-order valence-corrected chi connectivity index (χ0v) is 11.8. The van der Waals surface area contributed by atoms with E-state index in [-0.39, 0.29) is 5.02 Å². The fourth-order valence-electron chi connectivity index (χ4n) is 1.45. The molecule has 1 rings (SSSR count). The van der Waals surface area contributed by atoms with Gasteiger partial charge in [-0.2, -0.15) is 13.2 Å². The Balaban J connectivity index is 3.10. The summed E-state index contributed by atoms with van der Waals surface area (Å²) in [4.78, 5) is 0. The third kappa shape index (κ3) is 3.65. The van der Waals surface area contributed by atoms with Crippen LogP contribution in [-0.4, -0.2) is 16.9 Å². The monoisotopic (exact) mass is 312 g/mol. The quantitative estimate of drug-likeness (QED) is 0.836. The summed E-state index contributed by atoms with van der Waals surface area (Å²) in [7, 11) is 0. The smallest absolute Gasteiger partial charge is 0.377 e. The van der Waals surface area contributed by atoms with Gasteiger partial charge in [-0.15, -0.1) is 0 Å². The van der Waals surface area contributed by atoms with E-state index in [1.54, 1.807) is 0 Å². The highest BCUT2D eigenvalue weighted by Crippen LogP contribution is 2.38. The molecule has 0 aliphatic carbocycles. The lowest BCUT2D eigenvalue weighted by molar-refractivity contribution is -0.253. The first kappa shape index (κ1) is 16.3. The van der Waals surface area contributed by atoms with Crippen molar-refractivity contribution in [1.29, 1.82) is 0 Å². The van der Waals surface area contributed by atoms with Crippen molar-refractivity contribution in [3.63, 3.8) is 0 Å². The summed E-state index contributed by atoms with van der Waals surface area (Å²) in [5.41, 5.74) is -2.45. The highest BCUT2D eigenvalue weighted by atomic mass is 35.5. The Morgan fingerprint density at radius 3 is 2.16 bits per heavy atom. The maximum Gasteiger partial charge on any atom is 0.421 e. The molecule has 1 N–H and O–H groups in total. The summed E-state index contributed by atoms with van der Waals surface area (Å²) < 4.78 is 38.6. The second-order valence-electron chi connectivity index (χ2n) is 4.48.